The van der Waals surface area contributed by atoms with Gasteiger partial charge in [-0.05, 0) is 65.5 Å². The second-order valence-corrected chi connectivity index (χ2v) is 10.8. The molecule has 1 saturated carbocycles. The van der Waals surface area contributed by atoms with E-state index in [0.717, 1.165) is 17.5 Å². The smallest absolute Gasteiger partial charge is 0.255 e. The summed E-state index contributed by atoms with van der Waals surface area (Å²) < 4.78 is 6.79. The van der Waals surface area contributed by atoms with E-state index < -0.39 is 6.10 Å². The van der Waals surface area contributed by atoms with Crippen molar-refractivity contribution in [3.05, 3.63) is 83.9 Å². The SMILES string of the molecule is CC(C)[C@@H]1CC[C@@H](C)C[C@H]1O[C@@H]1C(=O)N([C@@H](C)c2ccccc2)[C@@H]1c1ccc2ccccc2c1. The lowest BCUT2D eigenvalue weighted by Crippen LogP contribution is -2.61. The zero-order valence-electron chi connectivity index (χ0n) is 20.9. The Bertz CT molecular complexity index is 1140. The van der Waals surface area contributed by atoms with E-state index in [2.05, 4.69) is 82.3 Å². The monoisotopic (exact) mass is 455 g/mol. The van der Waals surface area contributed by atoms with E-state index in [1.54, 1.807) is 0 Å². The molecule has 0 spiro atoms. The van der Waals surface area contributed by atoms with Crippen molar-refractivity contribution in [2.24, 2.45) is 17.8 Å². The second-order valence-electron chi connectivity index (χ2n) is 10.8. The van der Waals surface area contributed by atoms with Gasteiger partial charge >= 0.3 is 0 Å². The molecule has 1 aliphatic carbocycles. The Morgan fingerprint density at radius 2 is 1.59 bits per heavy atom. The van der Waals surface area contributed by atoms with Crippen LogP contribution in [0.15, 0.2) is 72.8 Å². The van der Waals surface area contributed by atoms with E-state index in [-0.39, 0.29) is 24.1 Å². The number of carbonyl (C=O) groups is 1. The number of carbonyl (C=O) groups excluding carboxylic acids is 1. The summed E-state index contributed by atoms with van der Waals surface area (Å²) in [4.78, 5) is 15.7. The van der Waals surface area contributed by atoms with E-state index in [4.69, 9.17) is 4.74 Å². The number of benzene rings is 3. The molecule has 1 heterocycles. The molecular weight excluding hydrogens is 418 g/mol. The molecule has 1 saturated heterocycles. The Kier molecular flexibility index (Phi) is 6.48. The van der Waals surface area contributed by atoms with Gasteiger partial charge in [-0.25, -0.2) is 0 Å². The summed E-state index contributed by atoms with van der Waals surface area (Å²) in [6, 6.07) is 25.3. The standard InChI is InChI=1S/C31H37NO2/c1-20(2)27-17-14-21(3)18-28(27)34-30-29(26-16-15-24-12-8-9-13-25(24)19-26)32(31(30)33)22(4)23-10-6-5-7-11-23/h5-13,15-16,19-22,27-30H,14,17-18H2,1-4H3/t21-,22+,27+,28-,29-,30+/m1/s1. The molecule has 0 radical (unpaired) electrons. The van der Waals surface area contributed by atoms with Crippen LogP contribution in [-0.2, 0) is 9.53 Å². The summed E-state index contributed by atoms with van der Waals surface area (Å²) in [5.41, 5.74) is 2.32. The van der Waals surface area contributed by atoms with E-state index in [1.165, 1.54) is 23.6 Å². The number of β-lactam (4-membered cyclic amide) rings is 1. The zero-order valence-corrected chi connectivity index (χ0v) is 20.9. The van der Waals surface area contributed by atoms with Gasteiger partial charge in [0.05, 0.1) is 18.2 Å². The fourth-order valence-electron chi connectivity index (χ4n) is 6.13. The number of ether oxygens (including phenoxy) is 1. The molecule has 0 N–H and O–H groups in total. The van der Waals surface area contributed by atoms with Crippen molar-refractivity contribution < 1.29 is 9.53 Å². The highest BCUT2D eigenvalue weighted by atomic mass is 16.5. The van der Waals surface area contributed by atoms with Crippen LogP contribution >= 0.6 is 0 Å². The molecule has 3 aromatic rings. The average molecular weight is 456 g/mol. The van der Waals surface area contributed by atoms with Crippen LogP contribution in [-0.4, -0.2) is 23.0 Å². The lowest BCUT2D eigenvalue weighted by Gasteiger charge is -2.52. The van der Waals surface area contributed by atoms with Gasteiger partial charge in [0.25, 0.3) is 5.91 Å². The molecule has 0 bridgehead atoms. The van der Waals surface area contributed by atoms with Gasteiger partial charge in [0.2, 0.25) is 0 Å². The molecule has 1 aliphatic heterocycles. The highest BCUT2D eigenvalue weighted by molar-refractivity contribution is 5.90. The van der Waals surface area contributed by atoms with Crippen molar-refractivity contribution in [3.63, 3.8) is 0 Å². The van der Waals surface area contributed by atoms with Crippen LogP contribution < -0.4 is 0 Å². The van der Waals surface area contributed by atoms with Crippen LogP contribution in [0.5, 0.6) is 0 Å². The van der Waals surface area contributed by atoms with Gasteiger partial charge < -0.3 is 9.64 Å². The average Bonchev–Trinajstić information content (AvgIpc) is 2.85. The van der Waals surface area contributed by atoms with Crippen molar-refractivity contribution >= 4 is 16.7 Å². The summed E-state index contributed by atoms with van der Waals surface area (Å²) in [7, 11) is 0. The van der Waals surface area contributed by atoms with Crippen LogP contribution in [0.4, 0.5) is 0 Å². The molecular formula is C31H37NO2. The number of hydrogen-bond acceptors (Lipinski definition) is 2. The number of fused-ring (bicyclic) bond motifs is 1. The molecule has 2 aliphatic rings. The van der Waals surface area contributed by atoms with Crippen molar-refractivity contribution in [1.82, 2.24) is 4.90 Å². The summed E-state index contributed by atoms with van der Waals surface area (Å²) in [6.45, 7) is 9.05. The Morgan fingerprint density at radius 3 is 2.32 bits per heavy atom. The van der Waals surface area contributed by atoms with Crippen LogP contribution in [0.3, 0.4) is 0 Å². The first-order valence-electron chi connectivity index (χ1n) is 13.0. The molecule has 3 heteroatoms. The molecule has 3 aromatic carbocycles. The maximum atomic E-state index is 13.7. The topological polar surface area (TPSA) is 29.5 Å². The minimum Gasteiger partial charge on any atom is -0.362 e. The van der Waals surface area contributed by atoms with Crippen molar-refractivity contribution in [3.8, 4) is 0 Å². The minimum absolute atomic E-state index is 0.00352. The number of nitrogens with zero attached hydrogens (tertiary/aromatic N) is 1. The summed E-state index contributed by atoms with van der Waals surface area (Å²) in [5.74, 6) is 1.84. The van der Waals surface area contributed by atoms with Crippen LogP contribution in [0, 0.1) is 17.8 Å². The third-order valence-electron chi connectivity index (χ3n) is 8.18. The van der Waals surface area contributed by atoms with Crippen molar-refractivity contribution in [2.45, 2.75) is 71.2 Å². The fourth-order valence-corrected chi connectivity index (χ4v) is 6.13. The Balaban J connectivity index is 1.49. The van der Waals surface area contributed by atoms with Gasteiger partial charge in [0.1, 0.15) is 0 Å². The first kappa shape index (κ1) is 23.1. The maximum Gasteiger partial charge on any atom is 0.255 e. The molecule has 178 valence electrons. The van der Waals surface area contributed by atoms with Gasteiger partial charge in [-0.1, -0.05) is 93.9 Å². The lowest BCUT2D eigenvalue weighted by atomic mass is 9.75. The van der Waals surface area contributed by atoms with Crippen LogP contribution in [0.1, 0.15) is 70.2 Å². The zero-order chi connectivity index (χ0) is 23.8. The molecule has 0 unspecified atom stereocenters. The quantitative estimate of drug-likeness (QED) is 0.364. The molecule has 34 heavy (non-hydrogen) atoms. The Labute approximate surface area is 204 Å². The van der Waals surface area contributed by atoms with Crippen molar-refractivity contribution in [1.29, 1.82) is 0 Å². The lowest BCUT2D eigenvalue weighted by molar-refractivity contribution is -0.196. The predicted octanol–water partition coefficient (Wildman–Crippen LogP) is 7.33. The number of amides is 1. The third-order valence-corrected chi connectivity index (χ3v) is 8.18. The fraction of sp³-hybridized carbons (Fsp3) is 0.452. The van der Waals surface area contributed by atoms with Gasteiger partial charge in [-0.3, -0.25) is 4.79 Å². The van der Waals surface area contributed by atoms with Crippen molar-refractivity contribution in [2.75, 3.05) is 0 Å². The second kappa shape index (κ2) is 9.54. The Morgan fingerprint density at radius 1 is 0.882 bits per heavy atom. The molecule has 1 amide bonds. The van der Waals surface area contributed by atoms with Gasteiger partial charge in [0.15, 0.2) is 6.10 Å². The van der Waals surface area contributed by atoms with E-state index in [0.29, 0.717) is 17.8 Å². The first-order chi connectivity index (χ1) is 16.4. The summed E-state index contributed by atoms with van der Waals surface area (Å²) >= 11 is 0. The largest absolute Gasteiger partial charge is 0.362 e. The van der Waals surface area contributed by atoms with E-state index in [9.17, 15) is 4.79 Å². The Hall–Kier alpha value is -2.65. The molecule has 0 aromatic heterocycles. The predicted molar refractivity (Wildman–Crippen MR) is 138 cm³/mol. The first-order valence-corrected chi connectivity index (χ1v) is 13.0. The molecule has 3 nitrogen and oxygen atoms in total. The van der Waals surface area contributed by atoms with Gasteiger partial charge in [-0.2, -0.15) is 0 Å². The third kappa shape index (κ3) is 4.27. The molecule has 6 atom stereocenters. The van der Waals surface area contributed by atoms with Gasteiger partial charge in [-0.15, -0.1) is 0 Å². The van der Waals surface area contributed by atoms with E-state index >= 15 is 0 Å². The molecule has 2 fully saturated rings. The van der Waals surface area contributed by atoms with E-state index in [1.807, 2.05) is 23.1 Å². The minimum atomic E-state index is -0.413. The summed E-state index contributed by atoms with van der Waals surface area (Å²) in [6.07, 6.45) is 3.23. The highest BCUT2D eigenvalue weighted by Gasteiger charge is 2.53. The summed E-state index contributed by atoms with van der Waals surface area (Å²) in [5, 5.41) is 2.43. The molecule has 5 rings (SSSR count). The number of likely N-dealkylation sites (tertiary alicyclic amines) is 1. The number of hydrogen-bond donors (Lipinski definition) is 0. The van der Waals surface area contributed by atoms with Crippen LogP contribution in [0.2, 0.25) is 0 Å². The number of rotatable bonds is 6. The normalized spacial score (nSPS) is 28.2. The van der Waals surface area contributed by atoms with Crippen LogP contribution in [0.25, 0.3) is 10.8 Å². The highest BCUT2D eigenvalue weighted by Crippen LogP contribution is 2.46. The van der Waals surface area contributed by atoms with Gasteiger partial charge in [0, 0.05) is 0 Å². The maximum absolute atomic E-state index is 13.7.